The van der Waals surface area contributed by atoms with Gasteiger partial charge >= 0.3 is 5.97 Å². The molecule has 0 aliphatic heterocycles. The molecule has 1 heterocycles. The summed E-state index contributed by atoms with van der Waals surface area (Å²) in [6.45, 7) is 3.46. The minimum atomic E-state index is -0.924. The van der Waals surface area contributed by atoms with Crippen LogP contribution in [0.5, 0.6) is 0 Å². The number of carbonyl (C=O) groups is 2. The Balaban J connectivity index is 2.62. The first kappa shape index (κ1) is 14.4. The van der Waals surface area contributed by atoms with Gasteiger partial charge in [0.1, 0.15) is 0 Å². The molecule has 0 aliphatic rings. The molecule has 2 N–H and O–H groups in total. The molecule has 0 bridgehead atoms. The van der Waals surface area contributed by atoms with Crippen LogP contribution in [0.25, 0.3) is 0 Å². The predicted octanol–water partition coefficient (Wildman–Crippen LogP) is 2.56. The summed E-state index contributed by atoms with van der Waals surface area (Å²) in [5, 5.41) is 11.6. The molecule has 98 valence electrons. The van der Waals surface area contributed by atoms with Crippen molar-refractivity contribution >= 4 is 29.2 Å². The molecule has 5 nitrogen and oxygen atoms in total. The Bertz CT molecular complexity index is 460. The fourth-order valence-electron chi connectivity index (χ4n) is 1.58. The highest BCUT2D eigenvalue weighted by molar-refractivity contribution is 6.32. The molecule has 0 saturated carbocycles. The molecule has 0 atom stereocenters. The minimum absolute atomic E-state index is 0.0683. The molecule has 0 aromatic carbocycles. The predicted molar refractivity (Wildman–Crippen MR) is 68.5 cm³/mol. The highest BCUT2D eigenvalue weighted by atomic mass is 35.5. The van der Waals surface area contributed by atoms with Crippen LogP contribution >= 0.6 is 11.6 Å². The van der Waals surface area contributed by atoms with Crippen LogP contribution in [-0.2, 0) is 9.59 Å². The molecule has 0 spiro atoms. The lowest BCUT2D eigenvalue weighted by atomic mass is 9.85. The van der Waals surface area contributed by atoms with E-state index in [1.807, 2.05) is 0 Å². The zero-order valence-corrected chi connectivity index (χ0v) is 11.0. The number of anilines is 1. The Morgan fingerprint density at radius 1 is 1.44 bits per heavy atom. The van der Waals surface area contributed by atoms with Gasteiger partial charge in [0.2, 0.25) is 5.91 Å². The van der Waals surface area contributed by atoms with Gasteiger partial charge in [-0.25, -0.2) is 4.98 Å². The van der Waals surface area contributed by atoms with Crippen LogP contribution in [0, 0.1) is 5.41 Å². The number of nitrogens with zero attached hydrogens (tertiary/aromatic N) is 1. The standard InChI is InChI=1S/C12H15ClN2O3/c1-12(2,7-10(17)18)6-9(16)15-8-4-3-5-14-11(8)13/h3-5H,6-7H2,1-2H3,(H,15,16)(H,17,18). The van der Waals surface area contributed by atoms with Gasteiger partial charge in [-0.3, -0.25) is 9.59 Å². The molecule has 18 heavy (non-hydrogen) atoms. The first-order valence-corrected chi connectivity index (χ1v) is 5.80. The van der Waals surface area contributed by atoms with Crippen molar-refractivity contribution < 1.29 is 14.7 Å². The van der Waals surface area contributed by atoms with Crippen LogP contribution in [0.4, 0.5) is 5.69 Å². The van der Waals surface area contributed by atoms with Gasteiger partial charge in [0, 0.05) is 12.6 Å². The third-order valence-corrected chi connectivity index (χ3v) is 2.60. The van der Waals surface area contributed by atoms with Gasteiger partial charge in [-0.2, -0.15) is 0 Å². The van der Waals surface area contributed by atoms with E-state index in [1.165, 1.54) is 6.20 Å². The second-order valence-corrected chi connectivity index (χ2v) is 5.16. The highest BCUT2D eigenvalue weighted by Gasteiger charge is 2.25. The van der Waals surface area contributed by atoms with Crippen LogP contribution in [0.2, 0.25) is 5.15 Å². The lowest BCUT2D eigenvalue weighted by Crippen LogP contribution is -2.24. The number of rotatable bonds is 5. The van der Waals surface area contributed by atoms with Crippen molar-refractivity contribution in [2.45, 2.75) is 26.7 Å². The quantitative estimate of drug-likeness (QED) is 0.806. The van der Waals surface area contributed by atoms with Crippen molar-refractivity contribution in [3.63, 3.8) is 0 Å². The second-order valence-electron chi connectivity index (χ2n) is 4.80. The fourth-order valence-corrected chi connectivity index (χ4v) is 1.75. The van der Waals surface area contributed by atoms with Gasteiger partial charge in [-0.1, -0.05) is 25.4 Å². The van der Waals surface area contributed by atoms with Crippen molar-refractivity contribution in [3.8, 4) is 0 Å². The molecule has 0 aliphatic carbocycles. The Morgan fingerprint density at radius 3 is 2.67 bits per heavy atom. The summed E-state index contributed by atoms with van der Waals surface area (Å²) in [6, 6.07) is 3.29. The first-order valence-electron chi connectivity index (χ1n) is 5.42. The molecule has 1 amide bonds. The number of carbonyl (C=O) groups excluding carboxylic acids is 1. The van der Waals surface area contributed by atoms with E-state index in [9.17, 15) is 9.59 Å². The Morgan fingerprint density at radius 2 is 2.11 bits per heavy atom. The third kappa shape index (κ3) is 4.71. The Kier molecular flexibility index (Phi) is 4.67. The van der Waals surface area contributed by atoms with Crippen LogP contribution in [0.3, 0.4) is 0 Å². The number of nitrogens with one attached hydrogen (secondary N) is 1. The Labute approximate surface area is 110 Å². The van der Waals surface area contributed by atoms with E-state index in [-0.39, 0.29) is 23.9 Å². The maximum atomic E-state index is 11.8. The van der Waals surface area contributed by atoms with E-state index in [4.69, 9.17) is 16.7 Å². The normalized spacial score (nSPS) is 11.1. The van der Waals surface area contributed by atoms with Gasteiger partial charge in [-0.05, 0) is 17.5 Å². The van der Waals surface area contributed by atoms with E-state index in [0.717, 1.165) is 0 Å². The molecule has 0 saturated heterocycles. The average molecular weight is 271 g/mol. The van der Waals surface area contributed by atoms with E-state index in [2.05, 4.69) is 10.3 Å². The number of hydrogen-bond donors (Lipinski definition) is 2. The van der Waals surface area contributed by atoms with Crippen LogP contribution in [0.15, 0.2) is 18.3 Å². The molecule has 1 aromatic heterocycles. The fraction of sp³-hybridized carbons (Fsp3) is 0.417. The number of amides is 1. The lowest BCUT2D eigenvalue weighted by Gasteiger charge is -2.21. The van der Waals surface area contributed by atoms with Crippen molar-refractivity contribution in [3.05, 3.63) is 23.5 Å². The number of hydrogen-bond acceptors (Lipinski definition) is 3. The summed E-state index contributed by atoms with van der Waals surface area (Å²) in [7, 11) is 0. The van der Waals surface area contributed by atoms with Gasteiger partial charge in [-0.15, -0.1) is 0 Å². The number of aliphatic carboxylic acids is 1. The largest absolute Gasteiger partial charge is 0.481 e. The van der Waals surface area contributed by atoms with Crippen LogP contribution in [-0.4, -0.2) is 22.0 Å². The monoisotopic (exact) mass is 270 g/mol. The zero-order valence-electron chi connectivity index (χ0n) is 10.2. The summed E-state index contributed by atoms with van der Waals surface area (Å²) in [5.41, 5.74) is -0.180. The summed E-state index contributed by atoms with van der Waals surface area (Å²) in [4.78, 5) is 26.3. The highest BCUT2D eigenvalue weighted by Crippen LogP contribution is 2.26. The molecule has 6 heteroatoms. The van der Waals surface area contributed by atoms with Gasteiger partial charge in [0.25, 0.3) is 0 Å². The molecule has 0 fully saturated rings. The molecular formula is C12H15ClN2O3. The summed E-state index contributed by atoms with van der Waals surface area (Å²) in [6.07, 6.45) is 1.55. The molecule has 0 unspecified atom stereocenters. The average Bonchev–Trinajstić information content (AvgIpc) is 2.18. The van der Waals surface area contributed by atoms with E-state index in [0.29, 0.717) is 5.69 Å². The van der Waals surface area contributed by atoms with Crippen LogP contribution < -0.4 is 5.32 Å². The van der Waals surface area contributed by atoms with Gasteiger partial charge in [0.05, 0.1) is 12.1 Å². The Hall–Kier alpha value is -1.62. The van der Waals surface area contributed by atoms with Crippen molar-refractivity contribution in [1.29, 1.82) is 0 Å². The maximum absolute atomic E-state index is 11.8. The molecule has 0 radical (unpaired) electrons. The van der Waals surface area contributed by atoms with Crippen molar-refractivity contribution in [2.75, 3.05) is 5.32 Å². The van der Waals surface area contributed by atoms with E-state index in [1.54, 1.807) is 26.0 Å². The number of pyridine rings is 1. The first-order chi connectivity index (χ1) is 8.30. The maximum Gasteiger partial charge on any atom is 0.303 e. The van der Waals surface area contributed by atoms with Gasteiger partial charge in [0.15, 0.2) is 5.15 Å². The second kappa shape index (κ2) is 5.82. The van der Waals surface area contributed by atoms with Crippen molar-refractivity contribution in [1.82, 2.24) is 4.98 Å². The zero-order chi connectivity index (χ0) is 13.8. The van der Waals surface area contributed by atoms with Crippen LogP contribution in [0.1, 0.15) is 26.7 Å². The molecular weight excluding hydrogens is 256 g/mol. The van der Waals surface area contributed by atoms with E-state index < -0.39 is 11.4 Å². The number of halogens is 1. The lowest BCUT2D eigenvalue weighted by molar-refractivity contribution is -0.139. The number of carboxylic acid groups (broad SMARTS) is 1. The van der Waals surface area contributed by atoms with Gasteiger partial charge < -0.3 is 10.4 Å². The molecule has 1 rings (SSSR count). The topological polar surface area (TPSA) is 79.3 Å². The smallest absolute Gasteiger partial charge is 0.303 e. The number of aromatic nitrogens is 1. The molecule has 1 aromatic rings. The summed E-state index contributed by atoms with van der Waals surface area (Å²) < 4.78 is 0. The summed E-state index contributed by atoms with van der Waals surface area (Å²) in [5.74, 6) is -1.21. The van der Waals surface area contributed by atoms with E-state index >= 15 is 0 Å². The SMILES string of the molecule is CC(C)(CC(=O)O)CC(=O)Nc1cccnc1Cl. The number of carboxylic acids is 1. The summed E-state index contributed by atoms with van der Waals surface area (Å²) >= 11 is 5.80. The van der Waals surface area contributed by atoms with Crippen molar-refractivity contribution in [2.24, 2.45) is 5.41 Å². The third-order valence-electron chi connectivity index (χ3n) is 2.30. The minimum Gasteiger partial charge on any atom is -0.481 e.